The van der Waals surface area contributed by atoms with Gasteiger partial charge in [0.25, 0.3) is 11.5 Å². The molecule has 5 aromatic rings. The molecular formula is C29H28ClFN4O4. The number of fused-ring (bicyclic) bond motifs is 3. The Bertz CT molecular complexity index is 1720. The molecule has 0 saturated heterocycles. The van der Waals surface area contributed by atoms with Gasteiger partial charge in [-0.25, -0.2) is 9.37 Å². The highest BCUT2D eigenvalue weighted by molar-refractivity contribution is 6.28. The first-order valence-corrected chi connectivity index (χ1v) is 13.0. The fourth-order valence-electron chi connectivity index (χ4n) is 4.85. The lowest BCUT2D eigenvalue weighted by molar-refractivity contribution is 0.0612. The number of amides is 1. The molecule has 39 heavy (non-hydrogen) atoms. The third-order valence-corrected chi connectivity index (χ3v) is 6.87. The molecule has 5 rings (SSSR count). The summed E-state index contributed by atoms with van der Waals surface area (Å²) in [7, 11) is 0. The molecule has 0 spiro atoms. The summed E-state index contributed by atoms with van der Waals surface area (Å²) in [5.74, 6) is -0.191. The van der Waals surface area contributed by atoms with E-state index in [9.17, 15) is 14.0 Å². The van der Waals surface area contributed by atoms with Crippen LogP contribution in [0.25, 0.3) is 22.1 Å². The molecule has 3 heterocycles. The topological polar surface area (TPSA) is 108 Å². The fraction of sp³-hybridized carbons (Fsp3) is 0.276. The van der Waals surface area contributed by atoms with E-state index in [1.807, 2.05) is 32.9 Å². The molecule has 8 nitrogen and oxygen atoms in total. The van der Waals surface area contributed by atoms with Crippen molar-refractivity contribution in [2.75, 3.05) is 13.1 Å². The number of hydrogen-bond donors (Lipinski definition) is 1. The SMILES string of the molecule is Cc1ccc(C(=O)N(CCN)[C@@H](c2nc3c(oc4ccc(F)cc43)c(=O)n2Cc2ccc(Cl)o2)C(C)C)cc1. The number of rotatable bonds is 8. The van der Waals surface area contributed by atoms with Crippen molar-refractivity contribution in [3.05, 3.63) is 98.7 Å². The lowest BCUT2D eigenvalue weighted by Gasteiger charge is -2.35. The summed E-state index contributed by atoms with van der Waals surface area (Å²) in [5, 5.41) is 0.543. The highest BCUT2D eigenvalue weighted by atomic mass is 35.5. The van der Waals surface area contributed by atoms with Crippen LogP contribution in [-0.2, 0) is 6.54 Å². The summed E-state index contributed by atoms with van der Waals surface area (Å²) >= 11 is 6.00. The maximum Gasteiger partial charge on any atom is 0.297 e. The summed E-state index contributed by atoms with van der Waals surface area (Å²) in [4.78, 5) is 34.3. The zero-order valence-electron chi connectivity index (χ0n) is 21.8. The fourth-order valence-corrected chi connectivity index (χ4v) is 5.01. The minimum atomic E-state index is -0.664. The van der Waals surface area contributed by atoms with Gasteiger partial charge < -0.3 is 19.5 Å². The van der Waals surface area contributed by atoms with E-state index in [0.29, 0.717) is 28.1 Å². The van der Waals surface area contributed by atoms with E-state index in [1.54, 1.807) is 29.2 Å². The van der Waals surface area contributed by atoms with Crippen molar-refractivity contribution >= 4 is 39.6 Å². The minimum Gasteiger partial charge on any atom is -0.448 e. The molecule has 0 saturated carbocycles. The number of carbonyl (C=O) groups excluding carboxylic acids is 1. The second kappa shape index (κ2) is 10.7. The maximum absolute atomic E-state index is 14.2. The van der Waals surface area contributed by atoms with Crippen LogP contribution in [-0.4, -0.2) is 33.4 Å². The largest absolute Gasteiger partial charge is 0.448 e. The molecule has 1 amide bonds. The summed E-state index contributed by atoms with van der Waals surface area (Å²) in [5.41, 5.74) is 7.53. The summed E-state index contributed by atoms with van der Waals surface area (Å²) in [6.45, 7) is 6.23. The zero-order chi connectivity index (χ0) is 27.8. The smallest absolute Gasteiger partial charge is 0.297 e. The third kappa shape index (κ3) is 5.07. The molecule has 1 atom stereocenters. The first kappa shape index (κ1) is 26.6. The van der Waals surface area contributed by atoms with Crippen molar-refractivity contribution in [3.63, 3.8) is 0 Å². The van der Waals surface area contributed by atoms with Crippen LogP contribution in [0.3, 0.4) is 0 Å². The number of aromatic nitrogens is 2. The van der Waals surface area contributed by atoms with Gasteiger partial charge in [0.15, 0.2) is 5.22 Å². The van der Waals surface area contributed by atoms with Gasteiger partial charge in [0.1, 0.15) is 28.5 Å². The van der Waals surface area contributed by atoms with Crippen molar-refractivity contribution in [2.24, 2.45) is 11.7 Å². The molecule has 2 N–H and O–H groups in total. The van der Waals surface area contributed by atoms with Gasteiger partial charge in [0, 0.05) is 24.0 Å². The zero-order valence-corrected chi connectivity index (χ0v) is 22.5. The highest BCUT2D eigenvalue weighted by Crippen LogP contribution is 2.33. The Balaban J connectivity index is 1.76. The molecular weight excluding hydrogens is 523 g/mol. The van der Waals surface area contributed by atoms with Crippen LogP contribution in [0.1, 0.15) is 47.4 Å². The lowest BCUT2D eigenvalue weighted by Crippen LogP contribution is -2.43. The monoisotopic (exact) mass is 550 g/mol. The molecule has 0 fully saturated rings. The number of nitrogens with zero attached hydrogens (tertiary/aromatic N) is 3. The Kier molecular flexibility index (Phi) is 7.29. The van der Waals surface area contributed by atoms with Gasteiger partial charge in [-0.1, -0.05) is 31.5 Å². The summed E-state index contributed by atoms with van der Waals surface area (Å²) in [6, 6.07) is 13.8. The van der Waals surface area contributed by atoms with Crippen LogP contribution in [0.2, 0.25) is 5.22 Å². The molecule has 0 radical (unpaired) electrons. The minimum absolute atomic E-state index is 0.00631. The molecule has 3 aromatic heterocycles. The van der Waals surface area contributed by atoms with E-state index in [1.165, 1.54) is 22.8 Å². The van der Waals surface area contributed by atoms with Gasteiger partial charge in [-0.15, -0.1) is 0 Å². The van der Waals surface area contributed by atoms with E-state index in [-0.39, 0.29) is 47.8 Å². The standard InChI is InChI=1S/C29H28ClFN4O4/c1-16(2)25(34(13-12-32)28(36)18-6-4-17(3)5-7-18)27-33-24-21-14-19(31)8-10-22(21)39-26(24)29(37)35(27)15-20-9-11-23(30)38-20/h4-11,14,16,25H,12-13,15,32H2,1-3H3/t25-/m1/s1. The highest BCUT2D eigenvalue weighted by Gasteiger charge is 2.33. The second-order valence-electron chi connectivity index (χ2n) is 9.83. The van der Waals surface area contributed by atoms with Gasteiger partial charge in [-0.3, -0.25) is 14.2 Å². The predicted octanol–water partition coefficient (Wildman–Crippen LogP) is 5.68. The lowest BCUT2D eigenvalue weighted by atomic mass is 9.99. The van der Waals surface area contributed by atoms with Crippen molar-refractivity contribution in [1.82, 2.24) is 14.5 Å². The number of furan rings is 2. The molecule has 10 heteroatoms. The van der Waals surface area contributed by atoms with Crippen LogP contribution in [0, 0.1) is 18.7 Å². The molecule has 0 aliphatic rings. The molecule has 2 aromatic carbocycles. The van der Waals surface area contributed by atoms with Crippen LogP contribution >= 0.6 is 11.6 Å². The van der Waals surface area contributed by atoms with E-state index in [4.69, 9.17) is 31.2 Å². The Labute approximate surface area is 228 Å². The van der Waals surface area contributed by atoms with E-state index in [2.05, 4.69) is 0 Å². The Hall–Kier alpha value is -3.95. The quantitative estimate of drug-likeness (QED) is 0.266. The van der Waals surface area contributed by atoms with E-state index in [0.717, 1.165) is 5.56 Å². The van der Waals surface area contributed by atoms with Gasteiger partial charge in [0.2, 0.25) is 5.58 Å². The Morgan fingerprint density at radius 1 is 1.13 bits per heavy atom. The van der Waals surface area contributed by atoms with Crippen LogP contribution < -0.4 is 11.3 Å². The van der Waals surface area contributed by atoms with Gasteiger partial charge in [-0.05, 0) is 66.9 Å². The number of benzene rings is 2. The summed E-state index contributed by atoms with van der Waals surface area (Å²) in [6.07, 6.45) is 0. The third-order valence-electron chi connectivity index (χ3n) is 6.67. The van der Waals surface area contributed by atoms with Crippen molar-refractivity contribution < 1.29 is 18.0 Å². The van der Waals surface area contributed by atoms with Crippen molar-refractivity contribution in [3.8, 4) is 0 Å². The average Bonchev–Trinajstić information content (AvgIpc) is 3.48. The number of carbonyl (C=O) groups is 1. The van der Waals surface area contributed by atoms with Crippen LogP contribution in [0.4, 0.5) is 4.39 Å². The Morgan fingerprint density at radius 3 is 2.51 bits per heavy atom. The van der Waals surface area contributed by atoms with Crippen LogP contribution in [0.5, 0.6) is 0 Å². The first-order chi connectivity index (χ1) is 18.7. The van der Waals surface area contributed by atoms with Gasteiger partial charge >= 0.3 is 0 Å². The Morgan fingerprint density at radius 2 is 1.87 bits per heavy atom. The molecule has 0 aliphatic carbocycles. The number of halogens is 2. The van der Waals surface area contributed by atoms with E-state index >= 15 is 0 Å². The number of nitrogens with two attached hydrogens (primary N) is 1. The van der Waals surface area contributed by atoms with Crippen molar-refractivity contribution in [2.45, 2.75) is 33.4 Å². The van der Waals surface area contributed by atoms with Crippen molar-refractivity contribution in [1.29, 1.82) is 0 Å². The van der Waals surface area contributed by atoms with E-state index < -0.39 is 17.4 Å². The molecule has 202 valence electrons. The molecule has 0 bridgehead atoms. The first-order valence-electron chi connectivity index (χ1n) is 12.6. The predicted molar refractivity (Wildman–Crippen MR) is 147 cm³/mol. The maximum atomic E-state index is 14.2. The second-order valence-corrected chi connectivity index (χ2v) is 10.2. The molecule has 0 aliphatic heterocycles. The number of aryl methyl sites for hydroxylation is 1. The average molecular weight is 551 g/mol. The van der Waals surface area contributed by atoms with Crippen LogP contribution in [0.15, 0.2) is 68.2 Å². The number of hydrogen-bond acceptors (Lipinski definition) is 6. The van der Waals surface area contributed by atoms with Gasteiger partial charge in [-0.2, -0.15) is 0 Å². The summed E-state index contributed by atoms with van der Waals surface area (Å²) < 4.78 is 27.0. The normalized spacial score (nSPS) is 12.5. The van der Waals surface area contributed by atoms with Gasteiger partial charge in [0.05, 0.1) is 12.6 Å². The molecule has 0 unspecified atom stereocenters.